The highest BCUT2D eigenvalue weighted by Gasteiger charge is 2.40. The second kappa shape index (κ2) is 7.87. The Morgan fingerprint density at radius 3 is 2.66 bits per heavy atom. The lowest BCUT2D eigenvalue weighted by atomic mass is 10.0. The van der Waals surface area contributed by atoms with Crippen molar-refractivity contribution >= 4 is 17.4 Å². The highest BCUT2D eigenvalue weighted by Crippen LogP contribution is 2.32. The summed E-state index contributed by atoms with van der Waals surface area (Å²) in [4.78, 5) is 14.5. The van der Waals surface area contributed by atoms with Gasteiger partial charge in [0.15, 0.2) is 17.3 Å². The van der Waals surface area contributed by atoms with E-state index in [-0.39, 0.29) is 5.91 Å². The summed E-state index contributed by atoms with van der Waals surface area (Å²) in [5, 5.41) is 16.3. The number of carbonyl (C=O) groups excluding carboxylic acids is 1. The van der Waals surface area contributed by atoms with Gasteiger partial charge in [0.1, 0.15) is 5.82 Å². The van der Waals surface area contributed by atoms with Crippen LogP contribution in [0.5, 0.6) is 0 Å². The molecule has 1 saturated carbocycles. The molecule has 2 saturated heterocycles. The first-order valence-corrected chi connectivity index (χ1v) is 10.7. The van der Waals surface area contributed by atoms with Crippen molar-refractivity contribution in [2.45, 2.75) is 63.2 Å². The first kappa shape index (κ1) is 18.7. The predicted octanol–water partition coefficient (Wildman–Crippen LogP) is 1.46. The molecule has 5 rings (SSSR count). The van der Waals surface area contributed by atoms with Crippen molar-refractivity contribution in [3.05, 3.63) is 18.0 Å². The number of nitrogens with one attached hydrogen (secondary N) is 1. The molecule has 3 aliphatic rings. The number of carbonyl (C=O) groups is 1. The van der Waals surface area contributed by atoms with Crippen LogP contribution in [-0.4, -0.2) is 63.9 Å². The Bertz CT molecular complexity index is 862. The van der Waals surface area contributed by atoms with E-state index in [2.05, 4.69) is 20.4 Å². The Hall–Kier alpha value is -2.26. The zero-order chi connectivity index (χ0) is 19.7. The Balaban J connectivity index is 1.23. The molecule has 1 amide bonds. The normalized spacial score (nSPS) is 22.0. The number of piperidine rings is 1. The van der Waals surface area contributed by atoms with Gasteiger partial charge in [-0.05, 0) is 25.0 Å². The molecule has 29 heavy (non-hydrogen) atoms. The number of nitrogens with zero attached hydrogens (tertiary/aromatic N) is 5. The molecule has 2 aromatic rings. The minimum Gasteiger partial charge on any atom is -0.355 e. The molecule has 0 atom stereocenters. The van der Waals surface area contributed by atoms with Crippen molar-refractivity contribution in [3.63, 3.8) is 0 Å². The minimum atomic E-state index is -0.394. The third-order valence-electron chi connectivity index (χ3n) is 6.27. The summed E-state index contributed by atoms with van der Waals surface area (Å²) in [6.07, 6.45) is 7.22. The summed E-state index contributed by atoms with van der Waals surface area (Å²) >= 11 is 0. The summed E-state index contributed by atoms with van der Waals surface area (Å²) in [6, 6.07) is 4.26. The molecule has 1 aliphatic carbocycles. The quantitative estimate of drug-likeness (QED) is 0.812. The fraction of sp³-hybridized carbons (Fsp3) is 0.700. The lowest BCUT2D eigenvalue weighted by Gasteiger charge is -2.38. The monoisotopic (exact) mass is 400 g/mol. The maximum Gasteiger partial charge on any atom is 0.220 e. The van der Waals surface area contributed by atoms with Crippen LogP contribution in [0.3, 0.4) is 0 Å². The number of hydrogen-bond acceptors (Lipinski definition) is 7. The second-order valence-corrected chi connectivity index (χ2v) is 8.22. The molecule has 2 aliphatic heterocycles. The first-order valence-electron chi connectivity index (χ1n) is 10.7. The van der Waals surface area contributed by atoms with Gasteiger partial charge in [0.05, 0.1) is 13.2 Å². The van der Waals surface area contributed by atoms with Gasteiger partial charge in [-0.3, -0.25) is 4.79 Å². The summed E-state index contributed by atoms with van der Waals surface area (Å²) in [5.74, 6) is 1.30. The molecule has 0 radical (unpaired) electrons. The maximum absolute atomic E-state index is 12.2. The van der Waals surface area contributed by atoms with Crippen molar-refractivity contribution in [2.24, 2.45) is 0 Å². The molecule has 3 fully saturated rings. The zero-order valence-electron chi connectivity index (χ0n) is 16.7. The highest BCUT2D eigenvalue weighted by atomic mass is 16.7. The SMILES string of the molecule is O=C(CCc1nnc2ccc(N3CCC4(CC3)OCCO4)nn12)NC1CCCC1. The molecule has 9 heteroatoms. The topological polar surface area (TPSA) is 93.9 Å². The fourth-order valence-corrected chi connectivity index (χ4v) is 4.61. The zero-order valence-corrected chi connectivity index (χ0v) is 16.7. The van der Waals surface area contributed by atoms with Gasteiger partial charge in [0.25, 0.3) is 0 Å². The lowest BCUT2D eigenvalue weighted by molar-refractivity contribution is -0.169. The Labute approximate surface area is 169 Å². The van der Waals surface area contributed by atoms with Gasteiger partial charge < -0.3 is 19.7 Å². The van der Waals surface area contributed by atoms with Crippen molar-refractivity contribution in [1.82, 2.24) is 25.1 Å². The molecule has 0 bridgehead atoms. The smallest absolute Gasteiger partial charge is 0.220 e. The van der Waals surface area contributed by atoms with E-state index >= 15 is 0 Å². The summed E-state index contributed by atoms with van der Waals surface area (Å²) in [7, 11) is 0. The van der Waals surface area contributed by atoms with Crippen LogP contribution in [0.15, 0.2) is 12.1 Å². The van der Waals surface area contributed by atoms with Crippen molar-refractivity contribution in [3.8, 4) is 0 Å². The number of rotatable bonds is 5. The predicted molar refractivity (Wildman–Crippen MR) is 106 cm³/mol. The second-order valence-electron chi connectivity index (χ2n) is 8.22. The van der Waals surface area contributed by atoms with Crippen LogP contribution < -0.4 is 10.2 Å². The average molecular weight is 400 g/mol. The van der Waals surface area contributed by atoms with Crippen molar-refractivity contribution in [2.75, 3.05) is 31.2 Å². The van der Waals surface area contributed by atoms with Crippen LogP contribution in [0.1, 0.15) is 50.8 Å². The van der Waals surface area contributed by atoms with Gasteiger partial charge in [-0.2, -0.15) is 4.52 Å². The molecule has 1 N–H and O–H groups in total. The van der Waals surface area contributed by atoms with Crippen LogP contribution in [0.25, 0.3) is 5.65 Å². The number of aryl methyl sites for hydroxylation is 1. The van der Waals surface area contributed by atoms with Gasteiger partial charge >= 0.3 is 0 Å². The average Bonchev–Trinajstić information content (AvgIpc) is 3.49. The molecule has 0 unspecified atom stereocenters. The summed E-state index contributed by atoms with van der Waals surface area (Å²) < 4.78 is 13.4. The van der Waals surface area contributed by atoms with Crippen LogP contribution >= 0.6 is 0 Å². The number of amides is 1. The van der Waals surface area contributed by atoms with Crippen molar-refractivity contribution in [1.29, 1.82) is 0 Å². The number of anilines is 1. The van der Waals surface area contributed by atoms with Crippen LogP contribution in [0.2, 0.25) is 0 Å². The number of fused-ring (bicyclic) bond motifs is 1. The molecule has 4 heterocycles. The largest absolute Gasteiger partial charge is 0.355 e. The van der Waals surface area contributed by atoms with Crippen LogP contribution in [-0.2, 0) is 20.7 Å². The standard InChI is InChI=1S/C20H28N6O3/c27-19(21-15-3-1-2-4-15)8-7-17-23-22-16-5-6-18(24-26(16)17)25-11-9-20(10-12-25)28-13-14-29-20/h5-6,15H,1-4,7-14H2,(H,21,27). The number of hydrogen-bond donors (Lipinski definition) is 1. The van der Waals surface area contributed by atoms with E-state index in [4.69, 9.17) is 14.6 Å². The molecule has 9 nitrogen and oxygen atoms in total. The minimum absolute atomic E-state index is 0.0858. The van der Waals surface area contributed by atoms with E-state index in [1.807, 2.05) is 12.1 Å². The maximum atomic E-state index is 12.2. The molecule has 0 aromatic carbocycles. The highest BCUT2D eigenvalue weighted by molar-refractivity contribution is 5.76. The van der Waals surface area contributed by atoms with E-state index in [1.54, 1.807) is 4.52 Å². The first-order chi connectivity index (χ1) is 14.2. The molecule has 156 valence electrons. The summed E-state index contributed by atoms with van der Waals surface area (Å²) in [6.45, 7) is 3.03. The molecule has 2 aromatic heterocycles. The number of ether oxygens (including phenoxy) is 2. The van der Waals surface area contributed by atoms with E-state index in [0.29, 0.717) is 37.7 Å². The van der Waals surface area contributed by atoms with Crippen LogP contribution in [0.4, 0.5) is 5.82 Å². The summed E-state index contributed by atoms with van der Waals surface area (Å²) in [5.41, 5.74) is 0.705. The Kier molecular flexibility index (Phi) is 5.09. The van der Waals surface area contributed by atoms with E-state index < -0.39 is 5.79 Å². The van der Waals surface area contributed by atoms with Gasteiger partial charge in [-0.1, -0.05) is 12.8 Å². The van der Waals surface area contributed by atoms with Gasteiger partial charge in [0, 0.05) is 44.8 Å². The molecular weight excluding hydrogens is 372 g/mol. The van der Waals surface area contributed by atoms with E-state index in [0.717, 1.165) is 50.4 Å². The van der Waals surface area contributed by atoms with E-state index in [1.165, 1.54) is 12.8 Å². The fourth-order valence-electron chi connectivity index (χ4n) is 4.61. The lowest BCUT2D eigenvalue weighted by Crippen LogP contribution is -2.45. The van der Waals surface area contributed by atoms with Gasteiger partial charge in [0.2, 0.25) is 5.91 Å². The Morgan fingerprint density at radius 2 is 1.90 bits per heavy atom. The molecule has 1 spiro atoms. The molecular formula is C20H28N6O3. The number of aromatic nitrogens is 4. The Morgan fingerprint density at radius 1 is 1.14 bits per heavy atom. The third-order valence-corrected chi connectivity index (χ3v) is 6.27. The van der Waals surface area contributed by atoms with E-state index in [9.17, 15) is 4.79 Å². The van der Waals surface area contributed by atoms with Crippen molar-refractivity contribution < 1.29 is 14.3 Å². The van der Waals surface area contributed by atoms with Gasteiger partial charge in [-0.15, -0.1) is 15.3 Å². The van der Waals surface area contributed by atoms with Crippen LogP contribution in [0, 0.1) is 0 Å². The van der Waals surface area contributed by atoms with Gasteiger partial charge in [-0.25, -0.2) is 0 Å². The third kappa shape index (κ3) is 3.93.